The molecule has 6 rings (SSSR count). The number of nitriles is 1. The summed E-state index contributed by atoms with van der Waals surface area (Å²) in [6.45, 7) is 4.59. The van der Waals surface area contributed by atoms with Gasteiger partial charge in [0.1, 0.15) is 23.1 Å². The summed E-state index contributed by atoms with van der Waals surface area (Å²) in [7, 11) is -3.43. The minimum Gasteiger partial charge on any atom is -0.494 e. The number of carbonyl (C=O) groups is 2. The average Bonchev–Trinajstić information content (AvgIpc) is 3.64. The molecule has 2 aliphatic rings. The van der Waals surface area contributed by atoms with E-state index in [0.717, 1.165) is 33.9 Å². The van der Waals surface area contributed by atoms with E-state index in [1.54, 1.807) is 47.3 Å². The largest absolute Gasteiger partial charge is 0.494 e. The lowest BCUT2D eigenvalue weighted by molar-refractivity contribution is -0.142. The molecule has 1 aromatic heterocycles. The fourth-order valence-corrected chi connectivity index (χ4v) is 7.63. The van der Waals surface area contributed by atoms with Crippen molar-refractivity contribution in [2.45, 2.75) is 32.7 Å². The first-order valence-corrected chi connectivity index (χ1v) is 16.9. The van der Waals surface area contributed by atoms with Crippen molar-refractivity contribution in [3.63, 3.8) is 0 Å². The van der Waals surface area contributed by atoms with Gasteiger partial charge in [0.15, 0.2) is 9.84 Å². The maximum atomic E-state index is 14.4. The van der Waals surface area contributed by atoms with Crippen LogP contribution in [-0.4, -0.2) is 59.1 Å². The van der Waals surface area contributed by atoms with Gasteiger partial charge in [-0.1, -0.05) is 55.5 Å². The van der Waals surface area contributed by atoms with Crippen LogP contribution in [0.2, 0.25) is 0 Å². The molecule has 0 saturated carbocycles. The van der Waals surface area contributed by atoms with Gasteiger partial charge in [0.05, 0.1) is 35.4 Å². The Kier molecular flexibility index (Phi) is 8.43. The molecule has 9 nitrogen and oxygen atoms in total. The number of hydrogen-bond acceptors (Lipinski definition) is 7. The molecule has 232 valence electrons. The normalized spacial score (nSPS) is 18.7. The fraction of sp³-hybridized carbons (Fsp3) is 0.222. The molecule has 1 fully saturated rings. The Morgan fingerprint density at radius 3 is 2.37 bits per heavy atom. The number of benzene rings is 3. The standard InChI is InChI=1S/C36H32N4O5S/c1-3-17-45-29-14-15-30(24(2)19-29)34-26(22-39(38-34)27-12-8-5-9-13-27)20-31-33(25-10-6-4-7-11-25)32(21-37)36(42)40(35(31)41)28-16-18-46(43,44)23-28/h4-15,19-20,22,28H,3,16-18,23H2,1-2H3/b31-20-. The second kappa shape index (κ2) is 12.6. The summed E-state index contributed by atoms with van der Waals surface area (Å²) >= 11 is 0. The van der Waals surface area contributed by atoms with Gasteiger partial charge >= 0.3 is 0 Å². The van der Waals surface area contributed by atoms with Crippen LogP contribution >= 0.6 is 0 Å². The lowest BCUT2D eigenvalue weighted by Gasteiger charge is -2.32. The highest BCUT2D eigenvalue weighted by Gasteiger charge is 2.45. The SMILES string of the molecule is CCCOc1ccc(-c2nn(-c3ccccc3)cc2/C=C2\C(=O)N(C3CCS(=O)(=O)C3)C(=O)C(C#N)=C2c2ccccc2)c(C)c1. The lowest BCUT2D eigenvalue weighted by atomic mass is 9.86. The molecule has 10 heteroatoms. The number of aromatic nitrogens is 2. The fourth-order valence-electron chi connectivity index (χ4n) is 5.93. The van der Waals surface area contributed by atoms with E-state index < -0.39 is 27.7 Å². The van der Waals surface area contributed by atoms with Gasteiger partial charge in [0.25, 0.3) is 11.8 Å². The van der Waals surface area contributed by atoms with Gasteiger partial charge < -0.3 is 4.74 Å². The Morgan fingerprint density at radius 2 is 1.74 bits per heavy atom. The van der Waals surface area contributed by atoms with Gasteiger partial charge in [-0.25, -0.2) is 13.1 Å². The van der Waals surface area contributed by atoms with Gasteiger partial charge in [-0.05, 0) is 67.3 Å². The third kappa shape index (κ3) is 5.89. The summed E-state index contributed by atoms with van der Waals surface area (Å²) in [6, 6.07) is 25.3. The molecule has 0 aliphatic carbocycles. The minimum absolute atomic E-state index is 0.112. The van der Waals surface area contributed by atoms with Gasteiger partial charge in [-0.15, -0.1) is 0 Å². The van der Waals surface area contributed by atoms with Crippen molar-refractivity contribution in [3.8, 4) is 28.8 Å². The number of hydrogen-bond donors (Lipinski definition) is 0. The zero-order valence-corrected chi connectivity index (χ0v) is 26.3. The second-order valence-corrected chi connectivity index (χ2v) is 13.6. The molecule has 1 saturated heterocycles. The first-order valence-electron chi connectivity index (χ1n) is 15.1. The number of sulfone groups is 1. The number of rotatable bonds is 8. The average molecular weight is 633 g/mol. The number of aryl methyl sites for hydroxylation is 1. The molecule has 4 aromatic rings. The molecule has 0 spiro atoms. The van der Waals surface area contributed by atoms with Crippen molar-refractivity contribution >= 4 is 33.3 Å². The smallest absolute Gasteiger partial charge is 0.272 e. The molecule has 1 unspecified atom stereocenters. The monoisotopic (exact) mass is 632 g/mol. The lowest BCUT2D eigenvalue weighted by Crippen LogP contribution is -2.49. The maximum Gasteiger partial charge on any atom is 0.272 e. The third-order valence-corrected chi connectivity index (χ3v) is 9.89. The predicted octanol–water partition coefficient (Wildman–Crippen LogP) is 5.55. The second-order valence-electron chi connectivity index (χ2n) is 11.4. The van der Waals surface area contributed by atoms with Crippen molar-refractivity contribution in [3.05, 3.63) is 113 Å². The summed E-state index contributed by atoms with van der Waals surface area (Å²) in [5, 5.41) is 15.2. The summed E-state index contributed by atoms with van der Waals surface area (Å²) in [5.41, 5.74) is 4.31. The first kappa shape index (κ1) is 30.7. The molecule has 1 atom stereocenters. The van der Waals surface area contributed by atoms with E-state index in [9.17, 15) is 23.3 Å². The molecule has 2 amide bonds. The van der Waals surface area contributed by atoms with Crippen LogP contribution in [-0.2, 0) is 19.4 Å². The minimum atomic E-state index is -3.43. The van der Waals surface area contributed by atoms with E-state index in [0.29, 0.717) is 23.4 Å². The van der Waals surface area contributed by atoms with Crippen LogP contribution in [0.25, 0.3) is 28.6 Å². The van der Waals surface area contributed by atoms with Crippen LogP contribution in [0.5, 0.6) is 5.75 Å². The summed E-state index contributed by atoms with van der Waals surface area (Å²) in [4.78, 5) is 29.1. The topological polar surface area (TPSA) is 122 Å². The number of para-hydroxylation sites is 1. The Balaban J connectivity index is 1.58. The van der Waals surface area contributed by atoms with Crippen molar-refractivity contribution in [1.82, 2.24) is 14.7 Å². The number of nitrogens with zero attached hydrogens (tertiary/aromatic N) is 4. The van der Waals surface area contributed by atoms with Crippen LogP contribution in [0.15, 0.2) is 96.2 Å². The Bertz CT molecular complexity index is 2040. The Labute approximate surface area is 268 Å². The Hall–Kier alpha value is -5.27. The number of imide groups is 1. The van der Waals surface area contributed by atoms with E-state index >= 15 is 0 Å². The molecular formula is C36H32N4O5S. The summed E-state index contributed by atoms with van der Waals surface area (Å²) < 4.78 is 32.4. The molecule has 3 aromatic carbocycles. The first-order chi connectivity index (χ1) is 22.2. The van der Waals surface area contributed by atoms with E-state index in [1.807, 2.05) is 68.4 Å². The quantitative estimate of drug-likeness (QED) is 0.184. The predicted molar refractivity (Wildman–Crippen MR) is 175 cm³/mol. The van der Waals surface area contributed by atoms with Crippen molar-refractivity contribution in [1.29, 1.82) is 5.26 Å². The van der Waals surface area contributed by atoms with E-state index in [1.165, 1.54) is 0 Å². The molecular weight excluding hydrogens is 600 g/mol. The summed E-state index contributed by atoms with van der Waals surface area (Å²) in [5.74, 6) is -1.16. The van der Waals surface area contributed by atoms with Crippen LogP contribution in [0.4, 0.5) is 0 Å². The van der Waals surface area contributed by atoms with E-state index in [2.05, 4.69) is 0 Å². The van der Waals surface area contributed by atoms with Gasteiger partial charge in [-0.2, -0.15) is 10.4 Å². The van der Waals surface area contributed by atoms with Crippen LogP contribution in [0, 0.1) is 18.3 Å². The van der Waals surface area contributed by atoms with Crippen molar-refractivity contribution < 1.29 is 22.7 Å². The molecule has 3 heterocycles. The highest BCUT2D eigenvalue weighted by atomic mass is 32.2. The van der Waals surface area contributed by atoms with Crippen molar-refractivity contribution in [2.24, 2.45) is 0 Å². The molecule has 2 aliphatic heterocycles. The molecule has 46 heavy (non-hydrogen) atoms. The number of ether oxygens (including phenoxy) is 1. The molecule has 0 N–H and O–H groups in total. The van der Waals surface area contributed by atoms with Gasteiger partial charge in [-0.3, -0.25) is 14.5 Å². The number of amides is 2. The van der Waals surface area contributed by atoms with Gasteiger partial charge in [0.2, 0.25) is 0 Å². The third-order valence-electron chi connectivity index (χ3n) is 8.14. The van der Waals surface area contributed by atoms with Crippen LogP contribution in [0.1, 0.15) is 36.5 Å². The Morgan fingerprint density at radius 1 is 1.02 bits per heavy atom. The molecule has 0 radical (unpaired) electrons. The van der Waals surface area contributed by atoms with Crippen LogP contribution < -0.4 is 4.74 Å². The van der Waals surface area contributed by atoms with Crippen molar-refractivity contribution in [2.75, 3.05) is 18.1 Å². The zero-order chi connectivity index (χ0) is 32.4. The summed E-state index contributed by atoms with van der Waals surface area (Å²) in [6.07, 6.45) is 4.46. The van der Waals surface area contributed by atoms with Gasteiger partial charge in [0, 0.05) is 22.9 Å². The van der Waals surface area contributed by atoms with E-state index in [4.69, 9.17) is 9.84 Å². The highest BCUT2D eigenvalue weighted by molar-refractivity contribution is 7.91. The maximum absolute atomic E-state index is 14.4. The molecule has 0 bridgehead atoms. The van der Waals surface area contributed by atoms with Crippen LogP contribution in [0.3, 0.4) is 0 Å². The number of carbonyl (C=O) groups excluding carboxylic acids is 2. The highest BCUT2D eigenvalue weighted by Crippen LogP contribution is 2.39. The zero-order valence-electron chi connectivity index (χ0n) is 25.5. The van der Waals surface area contributed by atoms with E-state index in [-0.39, 0.29) is 34.6 Å².